The average Bonchev–Trinajstić information content (AvgIpc) is 2.74. The van der Waals surface area contributed by atoms with Gasteiger partial charge >= 0.3 is 0 Å². The molecular formula is C8H8N4. The van der Waals surface area contributed by atoms with Crippen molar-refractivity contribution < 1.29 is 0 Å². The minimum Gasteiger partial charge on any atom is -0.342 e. The van der Waals surface area contributed by atoms with Gasteiger partial charge in [0.1, 0.15) is 5.69 Å². The lowest BCUT2D eigenvalue weighted by atomic mass is 10.4. The molecule has 4 nitrogen and oxygen atoms in total. The van der Waals surface area contributed by atoms with Crippen molar-refractivity contribution >= 4 is 6.20 Å². The van der Waals surface area contributed by atoms with Crippen LogP contribution in [0.5, 0.6) is 0 Å². The molecule has 2 heterocycles. The second-order valence-corrected chi connectivity index (χ2v) is 2.31. The van der Waals surface area contributed by atoms with Crippen LogP contribution in [-0.2, 0) is 0 Å². The van der Waals surface area contributed by atoms with Gasteiger partial charge in [0, 0.05) is 18.6 Å². The minimum absolute atomic E-state index is 0.822. The molecular weight excluding hydrogens is 152 g/mol. The van der Waals surface area contributed by atoms with Crippen LogP contribution in [0.3, 0.4) is 0 Å². The van der Waals surface area contributed by atoms with Crippen LogP contribution in [0, 0.1) is 0 Å². The molecule has 1 N–H and O–H groups in total. The maximum absolute atomic E-state index is 4.15. The van der Waals surface area contributed by atoms with Crippen LogP contribution in [0.25, 0.3) is 17.7 Å². The molecule has 60 valence electrons. The molecule has 0 bridgehead atoms. The molecule has 0 aliphatic rings. The van der Waals surface area contributed by atoms with Crippen LogP contribution in [0.1, 0.15) is 0 Å². The summed E-state index contributed by atoms with van der Waals surface area (Å²) in [6, 6.07) is 0. The van der Waals surface area contributed by atoms with E-state index in [1.165, 1.54) is 0 Å². The number of rotatable bonds is 2. The third-order valence-corrected chi connectivity index (χ3v) is 1.60. The zero-order valence-corrected chi connectivity index (χ0v) is 6.44. The first-order valence-corrected chi connectivity index (χ1v) is 3.56. The Morgan fingerprint density at radius 1 is 1.58 bits per heavy atom. The van der Waals surface area contributed by atoms with E-state index >= 15 is 0 Å². The van der Waals surface area contributed by atoms with Crippen molar-refractivity contribution in [3.05, 3.63) is 31.5 Å². The molecule has 0 aliphatic heterocycles. The summed E-state index contributed by atoms with van der Waals surface area (Å²) in [7, 11) is 0. The lowest BCUT2D eigenvalue weighted by Gasteiger charge is -1.96. The normalized spacial score (nSPS) is 10.0. The topological polar surface area (TPSA) is 46.5 Å². The summed E-state index contributed by atoms with van der Waals surface area (Å²) < 4.78 is 1.83. The van der Waals surface area contributed by atoms with Crippen molar-refractivity contribution in [3.8, 4) is 11.5 Å². The van der Waals surface area contributed by atoms with Gasteiger partial charge < -0.3 is 9.55 Å². The summed E-state index contributed by atoms with van der Waals surface area (Å²) >= 11 is 0. The highest BCUT2D eigenvalue weighted by Gasteiger charge is 2.03. The molecule has 0 radical (unpaired) electrons. The number of nitrogens with zero attached hydrogens (tertiary/aromatic N) is 3. The first-order valence-electron chi connectivity index (χ1n) is 3.56. The van der Waals surface area contributed by atoms with Crippen molar-refractivity contribution in [3.63, 3.8) is 0 Å². The van der Waals surface area contributed by atoms with E-state index in [2.05, 4.69) is 21.5 Å². The van der Waals surface area contributed by atoms with Gasteiger partial charge in [-0.25, -0.2) is 9.97 Å². The highest BCUT2D eigenvalue weighted by molar-refractivity contribution is 5.51. The Labute approximate surface area is 69.6 Å². The third kappa shape index (κ3) is 0.934. The molecule has 0 amide bonds. The maximum Gasteiger partial charge on any atom is 0.162 e. The van der Waals surface area contributed by atoms with Gasteiger partial charge in [0.05, 0.1) is 12.5 Å². The van der Waals surface area contributed by atoms with Crippen molar-refractivity contribution in [1.29, 1.82) is 0 Å². The number of hydrogen-bond donors (Lipinski definition) is 1. The summed E-state index contributed by atoms with van der Waals surface area (Å²) in [5.41, 5.74) is 0.889. The Morgan fingerprint density at radius 3 is 3.17 bits per heavy atom. The molecule has 0 saturated carbocycles. The van der Waals surface area contributed by atoms with Crippen LogP contribution in [0.15, 0.2) is 31.5 Å². The Morgan fingerprint density at radius 2 is 2.50 bits per heavy atom. The zero-order chi connectivity index (χ0) is 8.39. The van der Waals surface area contributed by atoms with Crippen LogP contribution in [0.4, 0.5) is 0 Å². The molecule has 0 unspecified atom stereocenters. The summed E-state index contributed by atoms with van der Waals surface area (Å²) in [6.07, 6.45) is 8.60. The fraction of sp³-hybridized carbons (Fsp3) is 0. The van der Waals surface area contributed by atoms with Crippen LogP contribution < -0.4 is 0 Å². The van der Waals surface area contributed by atoms with Gasteiger partial charge in [-0.3, -0.25) is 0 Å². The van der Waals surface area contributed by atoms with E-state index < -0.39 is 0 Å². The summed E-state index contributed by atoms with van der Waals surface area (Å²) in [5.74, 6) is 0.822. The quantitative estimate of drug-likeness (QED) is 0.721. The molecule has 0 spiro atoms. The van der Waals surface area contributed by atoms with Crippen molar-refractivity contribution in [2.45, 2.75) is 0 Å². The lowest BCUT2D eigenvalue weighted by molar-refractivity contribution is 1.13. The Hall–Kier alpha value is -1.84. The molecule has 4 heteroatoms. The number of aromatic amines is 1. The molecule has 12 heavy (non-hydrogen) atoms. The fourth-order valence-corrected chi connectivity index (χ4v) is 1.05. The largest absolute Gasteiger partial charge is 0.342 e. The van der Waals surface area contributed by atoms with Gasteiger partial charge in [0.25, 0.3) is 0 Å². The number of aromatic nitrogens is 4. The standard InChI is InChI=1S/C8H8N4/c1-2-12-4-3-10-8(12)7-5-9-6-11-7/h2-6H,1H2,(H,9,11). The van der Waals surface area contributed by atoms with Gasteiger partial charge in [0.15, 0.2) is 5.82 Å². The molecule has 2 aromatic rings. The van der Waals surface area contributed by atoms with Gasteiger partial charge in [-0.15, -0.1) is 0 Å². The molecule has 0 atom stereocenters. The van der Waals surface area contributed by atoms with Gasteiger partial charge in [-0.1, -0.05) is 6.58 Å². The fourth-order valence-electron chi connectivity index (χ4n) is 1.05. The van der Waals surface area contributed by atoms with Crippen molar-refractivity contribution in [1.82, 2.24) is 19.5 Å². The Kier molecular flexibility index (Phi) is 1.51. The van der Waals surface area contributed by atoms with Crippen molar-refractivity contribution in [2.75, 3.05) is 0 Å². The molecule has 2 aromatic heterocycles. The summed E-state index contributed by atoms with van der Waals surface area (Å²) in [5, 5.41) is 0. The average molecular weight is 160 g/mol. The predicted molar refractivity (Wildman–Crippen MR) is 46.2 cm³/mol. The third-order valence-electron chi connectivity index (χ3n) is 1.60. The van der Waals surface area contributed by atoms with E-state index in [1.807, 2.05) is 10.8 Å². The first-order chi connectivity index (χ1) is 5.92. The number of imidazole rings is 2. The van der Waals surface area contributed by atoms with E-state index in [1.54, 1.807) is 24.9 Å². The van der Waals surface area contributed by atoms with Crippen LogP contribution in [0.2, 0.25) is 0 Å². The molecule has 2 rings (SSSR count). The van der Waals surface area contributed by atoms with E-state index in [4.69, 9.17) is 0 Å². The highest BCUT2D eigenvalue weighted by Crippen LogP contribution is 2.12. The molecule has 0 fully saturated rings. The number of nitrogens with one attached hydrogen (secondary N) is 1. The minimum atomic E-state index is 0.822. The summed E-state index contributed by atoms with van der Waals surface area (Å²) in [4.78, 5) is 11.0. The van der Waals surface area contributed by atoms with E-state index in [0.29, 0.717) is 0 Å². The highest BCUT2D eigenvalue weighted by atomic mass is 15.1. The monoisotopic (exact) mass is 160 g/mol. The second kappa shape index (κ2) is 2.65. The van der Waals surface area contributed by atoms with Gasteiger partial charge in [-0.05, 0) is 0 Å². The number of H-pyrrole nitrogens is 1. The van der Waals surface area contributed by atoms with Crippen molar-refractivity contribution in [2.24, 2.45) is 0 Å². The molecule has 0 aliphatic carbocycles. The molecule has 0 saturated heterocycles. The Bertz CT molecular complexity index is 371. The Balaban J connectivity index is 2.53. The van der Waals surface area contributed by atoms with Gasteiger partial charge in [-0.2, -0.15) is 0 Å². The lowest BCUT2D eigenvalue weighted by Crippen LogP contribution is -1.88. The van der Waals surface area contributed by atoms with Gasteiger partial charge in [0.2, 0.25) is 0 Å². The first kappa shape index (κ1) is 6.84. The van der Waals surface area contributed by atoms with Crippen LogP contribution >= 0.6 is 0 Å². The molecule has 0 aromatic carbocycles. The van der Waals surface area contributed by atoms with E-state index in [9.17, 15) is 0 Å². The second-order valence-electron chi connectivity index (χ2n) is 2.31. The van der Waals surface area contributed by atoms with E-state index in [0.717, 1.165) is 11.5 Å². The zero-order valence-electron chi connectivity index (χ0n) is 6.44. The smallest absolute Gasteiger partial charge is 0.162 e. The maximum atomic E-state index is 4.15. The summed E-state index contributed by atoms with van der Waals surface area (Å²) in [6.45, 7) is 3.66. The predicted octanol–water partition coefficient (Wildman–Crippen LogP) is 1.37. The van der Waals surface area contributed by atoms with E-state index in [-0.39, 0.29) is 0 Å². The van der Waals surface area contributed by atoms with Crippen LogP contribution in [-0.4, -0.2) is 19.5 Å². The SMILES string of the molecule is C=Cn1ccnc1-c1cnc[nH]1. The number of hydrogen-bond acceptors (Lipinski definition) is 2.